The van der Waals surface area contributed by atoms with Crippen LogP contribution in [0.2, 0.25) is 0 Å². The van der Waals surface area contributed by atoms with E-state index in [4.69, 9.17) is 14.2 Å². The molecule has 1 aromatic heterocycles. The predicted molar refractivity (Wildman–Crippen MR) is 166 cm³/mol. The summed E-state index contributed by atoms with van der Waals surface area (Å²) in [6.07, 6.45) is -5.24. The van der Waals surface area contributed by atoms with Gasteiger partial charge in [-0.3, -0.25) is 9.77 Å². The minimum absolute atomic E-state index is 0.187. The van der Waals surface area contributed by atoms with E-state index >= 15 is 0 Å². The molecule has 1 fully saturated rings. The van der Waals surface area contributed by atoms with Crippen molar-refractivity contribution in [2.45, 2.75) is 50.9 Å². The molecule has 0 saturated carbocycles. The predicted octanol–water partition coefficient (Wildman–Crippen LogP) is 3.30. The quantitative estimate of drug-likeness (QED) is 0.163. The van der Waals surface area contributed by atoms with E-state index < -0.39 is 55.5 Å². The number of carbonyl (C=O) groups is 1. The molecule has 2 heterocycles. The minimum atomic E-state index is -2.69. The van der Waals surface area contributed by atoms with Crippen LogP contribution < -0.4 is 21.6 Å². The second-order valence-electron chi connectivity index (χ2n) is 11.3. The van der Waals surface area contributed by atoms with Gasteiger partial charge in [0.1, 0.15) is 23.9 Å². The molecule has 4 aromatic rings. The molecular weight excluding hydrogens is 583 g/mol. The third-order valence-electron chi connectivity index (χ3n) is 7.03. The zero-order valence-corrected chi connectivity index (χ0v) is 25.4. The fourth-order valence-corrected chi connectivity index (χ4v) is 8.50. The fourth-order valence-electron chi connectivity index (χ4n) is 5.03. The molecule has 1 saturated heterocycles. The Bertz CT molecular complexity index is 1590. The molecule has 0 unspecified atom stereocenters. The summed E-state index contributed by atoms with van der Waals surface area (Å²) in [5.74, 6) is 0.187. The van der Waals surface area contributed by atoms with Gasteiger partial charge in [-0.15, -0.1) is 0 Å². The highest BCUT2D eigenvalue weighted by Gasteiger charge is 2.45. The van der Waals surface area contributed by atoms with Crippen molar-refractivity contribution in [1.82, 2.24) is 14.6 Å². The van der Waals surface area contributed by atoms with Crippen LogP contribution in [0.4, 0.5) is 10.6 Å². The summed E-state index contributed by atoms with van der Waals surface area (Å²) in [5.41, 5.74) is -1.62. The van der Waals surface area contributed by atoms with Gasteiger partial charge >= 0.3 is 11.8 Å². The van der Waals surface area contributed by atoms with Crippen LogP contribution in [0.25, 0.3) is 0 Å². The number of carbonyl (C=O) groups excluding carboxylic acids is 1. The number of amides is 1. The van der Waals surface area contributed by atoms with E-state index in [1.807, 2.05) is 91.0 Å². The number of aromatic nitrogens is 2. The summed E-state index contributed by atoms with van der Waals surface area (Å²) in [6.45, 7) is 4.42. The van der Waals surface area contributed by atoms with Gasteiger partial charge in [0.15, 0.2) is 12.0 Å². The van der Waals surface area contributed by atoms with Crippen LogP contribution >= 0.6 is 7.05 Å². The standard InChI is InChI=1S/C32H35N4O7P/c1-32(2,3)43-31(40)36(41)21-25-27(37)28(38)29(42-25)35-20-19-26(33-30(35)39)34-44(22-13-7-4-8-14-22,23-15-9-5-10-16-23)24-17-11-6-12-18-24/h4-20,25,27-29,37-38,41H,21H2,1-3H3/t25-,27-,28-,29-/m1/s1. The van der Waals surface area contributed by atoms with Crippen LogP contribution in [0.15, 0.2) is 113 Å². The normalized spacial score (nSPS) is 20.2. The zero-order chi connectivity index (χ0) is 31.5. The first-order valence-electron chi connectivity index (χ1n) is 14.1. The third-order valence-corrected chi connectivity index (χ3v) is 10.7. The van der Waals surface area contributed by atoms with E-state index in [-0.39, 0.29) is 10.9 Å². The maximum absolute atomic E-state index is 13.4. The number of aliphatic hydroxyl groups is 2. The Morgan fingerprint density at radius 2 is 1.41 bits per heavy atom. The van der Waals surface area contributed by atoms with E-state index in [0.717, 1.165) is 20.5 Å². The number of nitrogens with zero attached hydrogens (tertiary/aromatic N) is 4. The van der Waals surface area contributed by atoms with E-state index in [2.05, 4.69) is 4.98 Å². The lowest BCUT2D eigenvalue weighted by atomic mass is 10.1. The lowest BCUT2D eigenvalue weighted by Crippen LogP contribution is -2.43. The van der Waals surface area contributed by atoms with Gasteiger partial charge in [-0.05, 0) is 26.8 Å². The van der Waals surface area contributed by atoms with Gasteiger partial charge in [-0.25, -0.2) is 14.3 Å². The molecule has 0 bridgehead atoms. The van der Waals surface area contributed by atoms with Crippen molar-refractivity contribution in [3.05, 3.63) is 114 Å². The van der Waals surface area contributed by atoms with E-state index in [9.17, 15) is 25.0 Å². The summed E-state index contributed by atoms with van der Waals surface area (Å²) in [6, 6.07) is 31.2. The van der Waals surface area contributed by atoms with Crippen molar-refractivity contribution < 1.29 is 29.7 Å². The average Bonchev–Trinajstić information content (AvgIpc) is 3.28. The Kier molecular flexibility index (Phi) is 9.15. The minimum Gasteiger partial charge on any atom is -0.442 e. The van der Waals surface area contributed by atoms with Gasteiger partial charge in [0, 0.05) is 22.1 Å². The summed E-state index contributed by atoms with van der Waals surface area (Å²) < 4.78 is 17.1. The van der Waals surface area contributed by atoms with Crippen LogP contribution in [0.3, 0.4) is 0 Å². The summed E-state index contributed by atoms with van der Waals surface area (Å²) in [5, 5.41) is 34.7. The molecule has 1 aliphatic rings. The van der Waals surface area contributed by atoms with Crippen LogP contribution in [0.1, 0.15) is 27.0 Å². The second kappa shape index (κ2) is 12.9. The molecule has 5 rings (SSSR count). The fraction of sp³-hybridized carbons (Fsp3) is 0.281. The van der Waals surface area contributed by atoms with Gasteiger partial charge in [-0.1, -0.05) is 91.0 Å². The van der Waals surface area contributed by atoms with Crippen LogP contribution in [0.5, 0.6) is 0 Å². The van der Waals surface area contributed by atoms with Crippen molar-refractivity contribution in [3.63, 3.8) is 0 Å². The largest absolute Gasteiger partial charge is 0.442 e. The van der Waals surface area contributed by atoms with Gasteiger partial charge in [0.25, 0.3) is 0 Å². The molecule has 0 spiro atoms. The van der Waals surface area contributed by atoms with Crippen LogP contribution in [-0.4, -0.2) is 66.6 Å². The Balaban J connectivity index is 1.51. The van der Waals surface area contributed by atoms with Gasteiger partial charge in [-0.2, -0.15) is 10.0 Å². The number of hydrogen-bond donors (Lipinski definition) is 3. The SMILES string of the molecule is CC(C)(C)OC(=O)N(O)C[C@H]1O[C@@H](n2ccc(N=P(c3ccccc3)(c3ccccc3)c3ccccc3)nc2=O)[C@H](O)[C@@H]1O. The number of benzene rings is 3. The Morgan fingerprint density at radius 1 is 0.909 bits per heavy atom. The maximum atomic E-state index is 13.4. The van der Waals surface area contributed by atoms with E-state index in [1.165, 1.54) is 6.20 Å². The Hall–Kier alpha value is -4.12. The van der Waals surface area contributed by atoms with Crippen molar-refractivity contribution in [3.8, 4) is 0 Å². The summed E-state index contributed by atoms with van der Waals surface area (Å²) in [4.78, 5) is 29.8. The first kappa shape index (κ1) is 31.3. The topological polar surface area (TPSA) is 147 Å². The first-order valence-corrected chi connectivity index (χ1v) is 15.8. The van der Waals surface area contributed by atoms with E-state index in [0.29, 0.717) is 0 Å². The number of rotatable bonds is 7. The molecule has 44 heavy (non-hydrogen) atoms. The highest BCUT2D eigenvalue weighted by atomic mass is 31.2. The Morgan fingerprint density at radius 3 is 1.86 bits per heavy atom. The Labute approximate surface area is 255 Å². The van der Waals surface area contributed by atoms with Gasteiger partial charge in [0.05, 0.1) is 13.6 Å². The lowest BCUT2D eigenvalue weighted by Gasteiger charge is -2.26. The molecule has 12 heteroatoms. The molecular formula is C32H35N4O7P. The highest BCUT2D eigenvalue weighted by molar-refractivity contribution is 7.87. The first-order chi connectivity index (χ1) is 21.0. The molecule has 230 valence electrons. The summed E-state index contributed by atoms with van der Waals surface area (Å²) >= 11 is 0. The molecule has 11 nitrogen and oxygen atoms in total. The average molecular weight is 619 g/mol. The number of aliphatic hydroxyl groups excluding tert-OH is 2. The van der Waals surface area contributed by atoms with Crippen molar-refractivity contribution >= 4 is 34.9 Å². The molecule has 3 N–H and O–H groups in total. The zero-order valence-electron chi connectivity index (χ0n) is 24.5. The molecule has 3 aromatic carbocycles. The van der Waals surface area contributed by atoms with Crippen molar-refractivity contribution in [2.75, 3.05) is 6.54 Å². The molecule has 4 atom stereocenters. The monoisotopic (exact) mass is 618 g/mol. The van der Waals surface area contributed by atoms with Gasteiger partial charge < -0.3 is 19.7 Å². The molecule has 1 aliphatic heterocycles. The third kappa shape index (κ3) is 6.52. The summed E-state index contributed by atoms with van der Waals surface area (Å²) in [7, 11) is -2.69. The number of hydrogen-bond acceptors (Lipinski definition) is 9. The van der Waals surface area contributed by atoms with Crippen LogP contribution in [-0.2, 0) is 9.47 Å². The second-order valence-corrected chi connectivity index (χ2v) is 14.3. The van der Waals surface area contributed by atoms with Crippen LogP contribution in [0, 0.1) is 0 Å². The highest BCUT2D eigenvalue weighted by Crippen LogP contribution is 2.48. The lowest BCUT2D eigenvalue weighted by molar-refractivity contribution is -0.129. The van der Waals surface area contributed by atoms with Crippen molar-refractivity contribution in [1.29, 1.82) is 0 Å². The number of ether oxygens (including phenoxy) is 2. The van der Waals surface area contributed by atoms with Crippen molar-refractivity contribution in [2.24, 2.45) is 4.74 Å². The molecule has 0 radical (unpaired) electrons. The van der Waals surface area contributed by atoms with E-state index in [1.54, 1.807) is 26.8 Å². The smallest absolute Gasteiger partial charge is 0.434 e. The van der Waals surface area contributed by atoms with Gasteiger partial charge in [0.2, 0.25) is 0 Å². The molecule has 0 aliphatic carbocycles. The number of hydroxylamine groups is 2. The maximum Gasteiger partial charge on any atom is 0.434 e. The molecule has 1 amide bonds.